The van der Waals surface area contributed by atoms with Crippen molar-refractivity contribution < 1.29 is 13.8 Å². The Bertz CT molecular complexity index is 975. The summed E-state index contributed by atoms with van der Waals surface area (Å²) in [5, 5.41) is 0. The Morgan fingerprint density at radius 1 is 1.35 bits per heavy atom. The average molecular weight is 458 g/mol. The number of anilines is 1. The van der Waals surface area contributed by atoms with Gasteiger partial charge in [0.2, 0.25) is 5.95 Å². The maximum Gasteiger partial charge on any atom is 0.280 e. The normalized spacial score (nSPS) is 22.2. The smallest absolute Gasteiger partial charge is 0.280 e. The molecule has 12 heteroatoms. The Hall–Kier alpha value is -1.78. The molecule has 31 heavy (non-hydrogen) atoms. The van der Waals surface area contributed by atoms with Crippen molar-refractivity contribution in [3.8, 4) is 0 Å². The van der Waals surface area contributed by atoms with Gasteiger partial charge in [-0.05, 0) is 27.9 Å². The van der Waals surface area contributed by atoms with Crippen LogP contribution in [0.3, 0.4) is 0 Å². The van der Waals surface area contributed by atoms with Gasteiger partial charge < -0.3 is 15.0 Å². The molecule has 0 bridgehead atoms. The molecule has 0 radical (unpaired) electrons. The van der Waals surface area contributed by atoms with Crippen LogP contribution in [0.15, 0.2) is 11.1 Å². The van der Waals surface area contributed by atoms with Gasteiger partial charge in [-0.15, -0.1) is 0 Å². The first-order valence-electron chi connectivity index (χ1n) is 10.1. The fourth-order valence-electron chi connectivity index (χ4n) is 3.58. The summed E-state index contributed by atoms with van der Waals surface area (Å²) in [6.45, 7) is 9.40. The Labute approximate surface area is 183 Å². The Morgan fingerprint density at radius 2 is 2.03 bits per heavy atom. The summed E-state index contributed by atoms with van der Waals surface area (Å²) in [7, 11) is 0.558. The van der Waals surface area contributed by atoms with Gasteiger partial charge in [0.1, 0.15) is 6.23 Å². The minimum atomic E-state index is -2.96. The maximum atomic E-state index is 13.2. The topological polar surface area (TPSA) is 132 Å². The predicted octanol–water partition coefficient (Wildman–Crippen LogP) is 2.13. The molecule has 1 fully saturated rings. The molecule has 0 aliphatic carbocycles. The van der Waals surface area contributed by atoms with E-state index in [-0.39, 0.29) is 43.3 Å². The zero-order chi connectivity index (χ0) is 22.2. The second-order valence-corrected chi connectivity index (χ2v) is 11.6. The van der Waals surface area contributed by atoms with E-state index < -0.39 is 19.3 Å². The lowest BCUT2D eigenvalue weighted by molar-refractivity contribution is -0.136. The monoisotopic (exact) mass is 457 g/mol. The highest BCUT2D eigenvalue weighted by atomic mass is 31.2. The summed E-state index contributed by atoms with van der Waals surface area (Å²) < 4.78 is 28.8. The fraction of sp³-hybridized carbons (Fsp3) is 0.737. The van der Waals surface area contributed by atoms with Crippen LogP contribution >= 0.6 is 7.52 Å². The fourth-order valence-corrected chi connectivity index (χ4v) is 5.41. The quantitative estimate of drug-likeness (QED) is 0.600. The molecule has 0 aromatic carbocycles. The number of rotatable bonds is 7. The van der Waals surface area contributed by atoms with Crippen LogP contribution in [0.25, 0.3) is 11.2 Å². The summed E-state index contributed by atoms with van der Waals surface area (Å²) in [5.74, 6) is 0.0227. The van der Waals surface area contributed by atoms with E-state index in [0.29, 0.717) is 18.7 Å². The standard InChI is InChI=1S/C18H32N7O4P.CH4/c1-11(2)24-7-13(9-28-30(27,12(3)4)23(5)6)29-14(8-24)25-10-20-15-16(25)21-18(19)22-17(15)26;/h10-14H,7-9H2,1-6H3,(H3,19,21,22,26);1H4/t13-,14+,30?;/m0./s1. The minimum absolute atomic E-state index is 0. The van der Waals surface area contributed by atoms with Crippen LogP contribution in [0, 0.1) is 0 Å². The van der Waals surface area contributed by atoms with Gasteiger partial charge in [0.05, 0.1) is 19.0 Å². The van der Waals surface area contributed by atoms with Crippen molar-refractivity contribution in [2.45, 2.75) is 59.2 Å². The summed E-state index contributed by atoms with van der Waals surface area (Å²) >= 11 is 0. The number of hydrogen-bond donors (Lipinski definition) is 2. The van der Waals surface area contributed by atoms with Crippen LogP contribution in [-0.4, -0.2) is 80.7 Å². The molecule has 1 aliphatic heterocycles. The van der Waals surface area contributed by atoms with E-state index in [1.54, 1.807) is 23.3 Å². The van der Waals surface area contributed by atoms with E-state index in [1.165, 1.54) is 6.33 Å². The first-order valence-corrected chi connectivity index (χ1v) is 11.7. The number of imidazole rings is 1. The highest BCUT2D eigenvalue weighted by Gasteiger charge is 2.36. The Kier molecular flexibility index (Phi) is 8.04. The molecule has 3 rings (SSSR count). The van der Waals surface area contributed by atoms with Gasteiger partial charge >= 0.3 is 0 Å². The van der Waals surface area contributed by atoms with Gasteiger partial charge in [0, 0.05) is 24.8 Å². The molecular weight excluding hydrogens is 421 g/mol. The lowest BCUT2D eigenvalue weighted by atomic mass is 10.2. The molecule has 1 unspecified atom stereocenters. The van der Waals surface area contributed by atoms with Crippen LogP contribution in [0.1, 0.15) is 41.3 Å². The van der Waals surface area contributed by atoms with Crippen molar-refractivity contribution in [3.05, 3.63) is 16.7 Å². The number of nitrogens with zero attached hydrogens (tertiary/aromatic N) is 5. The summed E-state index contributed by atoms with van der Waals surface area (Å²) in [6.07, 6.45) is 0.790. The molecule has 1 saturated heterocycles. The molecular formula is C19H36N7O4P. The van der Waals surface area contributed by atoms with Crippen molar-refractivity contribution in [3.63, 3.8) is 0 Å². The molecule has 0 amide bonds. The zero-order valence-corrected chi connectivity index (χ0v) is 19.3. The van der Waals surface area contributed by atoms with Gasteiger partial charge in [-0.1, -0.05) is 21.3 Å². The number of aromatic amines is 1. The molecule has 176 valence electrons. The SMILES string of the molecule is C.CC(C)N1C[C@@H](COP(=O)(C(C)C)N(C)C)O[C@@H](n2cnc3c(=O)[nH]c(N)nc32)C1. The number of fused-ring (bicyclic) bond motifs is 1. The summed E-state index contributed by atoms with van der Waals surface area (Å²) in [6, 6.07) is 0.265. The van der Waals surface area contributed by atoms with Crippen LogP contribution in [0.2, 0.25) is 0 Å². The largest absolute Gasteiger partial charge is 0.369 e. The Morgan fingerprint density at radius 3 is 2.61 bits per heavy atom. The number of nitrogen functional groups attached to an aromatic ring is 1. The number of nitrogens with one attached hydrogen (secondary N) is 1. The third kappa shape index (κ3) is 5.18. The van der Waals surface area contributed by atoms with E-state index in [4.69, 9.17) is 15.0 Å². The van der Waals surface area contributed by atoms with Gasteiger partial charge in [0.25, 0.3) is 13.1 Å². The van der Waals surface area contributed by atoms with E-state index in [9.17, 15) is 9.36 Å². The molecule has 3 N–H and O–H groups in total. The van der Waals surface area contributed by atoms with Crippen molar-refractivity contribution in [2.75, 3.05) is 39.5 Å². The van der Waals surface area contributed by atoms with Crippen molar-refractivity contribution in [2.24, 2.45) is 0 Å². The van der Waals surface area contributed by atoms with Gasteiger partial charge in [-0.3, -0.25) is 23.8 Å². The molecule has 2 aromatic rings. The van der Waals surface area contributed by atoms with Crippen molar-refractivity contribution in [1.82, 2.24) is 29.1 Å². The zero-order valence-electron chi connectivity index (χ0n) is 18.4. The number of nitrogens with two attached hydrogens (primary N) is 1. The van der Waals surface area contributed by atoms with Gasteiger partial charge in [-0.2, -0.15) is 4.98 Å². The maximum absolute atomic E-state index is 13.2. The second kappa shape index (κ2) is 9.79. The van der Waals surface area contributed by atoms with Crippen LogP contribution in [-0.2, 0) is 13.8 Å². The third-order valence-electron chi connectivity index (χ3n) is 5.33. The van der Waals surface area contributed by atoms with Gasteiger partial charge in [-0.25, -0.2) is 9.65 Å². The van der Waals surface area contributed by atoms with E-state index in [2.05, 4.69) is 33.7 Å². The number of ether oxygens (including phenoxy) is 1. The third-order valence-corrected chi connectivity index (χ3v) is 8.26. The summed E-state index contributed by atoms with van der Waals surface area (Å²) in [5.41, 5.74) is 5.77. The van der Waals surface area contributed by atoms with Crippen LogP contribution in [0.5, 0.6) is 0 Å². The van der Waals surface area contributed by atoms with E-state index in [0.717, 1.165) is 0 Å². The molecule has 2 aromatic heterocycles. The lowest BCUT2D eigenvalue weighted by Gasteiger charge is -2.41. The van der Waals surface area contributed by atoms with E-state index >= 15 is 0 Å². The van der Waals surface area contributed by atoms with Crippen molar-refractivity contribution in [1.29, 1.82) is 0 Å². The number of aromatic nitrogens is 4. The lowest BCUT2D eigenvalue weighted by Crippen LogP contribution is -2.50. The summed E-state index contributed by atoms with van der Waals surface area (Å²) in [4.78, 5) is 25.2. The molecule has 0 spiro atoms. The molecule has 3 atom stereocenters. The highest BCUT2D eigenvalue weighted by molar-refractivity contribution is 7.57. The van der Waals surface area contributed by atoms with Crippen LogP contribution < -0.4 is 11.3 Å². The molecule has 0 saturated carbocycles. The molecule has 1 aliphatic rings. The highest BCUT2D eigenvalue weighted by Crippen LogP contribution is 2.53. The van der Waals surface area contributed by atoms with E-state index in [1.807, 2.05) is 13.8 Å². The van der Waals surface area contributed by atoms with Gasteiger partial charge in [0.15, 0.2) is 11.2 Å². The molecule has 3 heterocycles. The number of hydrogen-bond acceptors (Lipinski definition) is 8. The molecule has 11 nitrogen and oxygen atoms in total. The minimum Gasteiger partial charge on any atom is -0.369 e. The van der Waals surface area contributed by atoms with Crippen LogP contribution in [0.4, 0.5) is 5.95 Å². The Balaban J connectivity index is 0.00000341. The first kappa shape index (κ1) is 25.5. The van der Waals surface area contributed by atoms with Crippen molar-refractivity contribution >= 4 is 24.6 Å². The predicted molar refractivity (Wildman–Crippen MR) is 122 cm³/mol. The number of H-pyrrole nitrogens is 1. The average Bonchev–Trinajstić information content (AvgIpc) is 3.09. The first-order chi connectivity index (χ1) is 14.0. The second-order valence-electron chi connectivity index (χ2n) is 8.34. The number of morpholine rings is 1.